The van der Waals surface area contributed by atoms with Crippen LogP contribution in [-0.4, -0.2) is 19.6 Å². The van der Waals surface area contributed by atoms with E-state index < -0.39 is 0 Å². The molecule has 4 heteroatoms. The average molecular weight is 339 g/mol. The van der Waals surface area contributed by atoms with Crippen LogP contribution in [-0.2, 0) is 24.2 Å². The van der Waals surface area contributed by atoms with Gasteiger partial charge in [-0.2, -0.15) is 0 Å². The molecule has 0 spiro atoms. The third-order valence-corrected chi connectivity index (χ3v) is 4.58. The van der Waals surface area contributed by atoms with Crippen LogP contribution in [0.1, 0.15) is 30.0 Å². The Morgan fingerprint density at radius 3 is 2.88 bits per heavy atom. The minimum Gasteiger partial charge on any atom is -0.497 e. The van der Waals surface area contributed by atoms with Gasteiger partial charge < -0.3 is 14.8 Å². The number of carbonyl (C=O) groups excluding carboxylic acids is 1. The number of rotatable bonds is 6. The van der Waals surface area contributed by atoms with Gasteiger partial charge in [0.15, 0.2) is 0 Å². The lowest BCUT2D eigenvalue weighted by Crippen LogP contribution is -2.23. The molecule has 0 fully saturated rings. The van der Waals surface area contributed by atoms with E-state index in [2.05, 4.69) is 35.6 Å². The molecule has 25 heavy (non-hydrogen) atoms. The number of methoxy groups -OCH3 is 1. The first-order valence-corrected chi connectivity index (χ1v) is 8.82. The topological polar surface area (TPSA) is 47.6 Å². The number of carbonyl (C=O) groups is 1. The monoisotopic (exact) mass is 339 g/mol. The van der Waals surface area contributed by atoms with E-state index in [1.165, 1.54) is 11.1 Å². The van der Waals surface area contributed by atoms with E-state index in [1.54, 1.807) is 7.11 Å². The molecule has 1 aliphatic heterocycles. The number of hydrogen-bond acceptors (Lipinski definition) is 3. The van der Waals surface area contributed by atoms with Gasteiger partial charge in [-0.3, -0.25) is 4.79 Å². The zero-order valence-electron chi connectivity index (χ0n) is 14.9. The van der Waals surface area contributed by atoms with Crippen LogP contribution in [0, 0.1) is 5.92 Å². The Hall–Kier alpha value is -2.49. The summed E-state index contributed by atoms with van der Waals surface area (Å²) in [4.78, 5) is 11.4. The lowest BCUT2D eigenvalue weighted by molar-refractivity contribution is -0.120. The molecule has 0 radical (unpaired) electrons. The van der Waals surface area contributed by atoms with Gasteiger partial charge in [0.25, 0.3) is 0 Å². The van der Waals surface area contributed by atoms with Gasteiger partial charge in [-0.15, -0.1) is 0 Å². The Kier molecular flexibility index (Phi) is 5.59. The maximum Gasteiger partial charge on any atom is 0.219 e. The summed E-state index contributed by atoms with van der Waals surface area (Å²) in [5, 5.41) is 2.93. The summed E-state index contributed by atoms with van der Waals surface area (Å²) in [6, 6.07) is 14.5. The Labute approximate surface area is 149 Å². The molecular formula is C21H25NO3. The zero-order chi connectivity index (χ0) is 17.6. The van der Waals surface area contributed by atoms with Crippen LogP contribution < -0.4 is 14.8 Å². The van der Waals surface area contributed by atoms with Gasteiger partial charge in [0, 0.05) is 24.9 Å². The molecule has 1 N–H and O–H groups in total. The number of benzene rings is 2. The summed E-state index contributed by atoms with van der Waals surface area (Å²) in [7, 11) is 1.67. The number of amides is 1. The standard InChI is InChI=1S/C21H25NO3/c1-3-21(23)22-13-16-6-4-5-15(9-16)10-17-11-18-7-8-19(24-2)12-20(18)25-14-17/h4-9,12,17H,3,10-11,13-14H2,1-2H3,(H,22,23). The third-order valence-electron chi connectivity index (χ3n) is 4.58. The molecule has 132 valence electrons. The smallest absolute Gasteiger partial charge is 0.219 e. The fourth-order valence-electron chi connectivity index (χ4n) is 3.20. The Morgan fingerprint density at radius 2 is 2.08 bits per heavy atom. The van der Waals surface area contributed by atoms with Crippen molar-refractivity contribution in [1.29, 1.82) is 0 Å². The van der Waals surface area contributed by atoms with Crippen molar-refractivity contribution in [2.75, 3.05) is 13.7 Å². The minimum atomic E-state index is 0.0816. The lowest BCUT2D eigenvalue weighted by Gasteiger charge is -2.26. The second-order valence-electron chi connectivity index (χ2n) is 6.51. The van der Waals surface area contributed by atoms with Crippen LogP contribution in [0.25, 0.3) is 0 Å². The van der Waals surface area contributed by atoms with Crippen LogP contribution in [0.15, 0.2) is 42.5 Å². The van der Waals surface area contributed by atoms with Crippen LogP contribution in [0.4, 0.5) is 0 Å². The second kappa shape index (κ2) is 8.06. The molecule has 1 heterocycles. The van der Waals surface area contributed by atoms with Crippen molar-refractivity contribution in [2.45, 2.75) is 32.7 Å². The quantitative estimate of drug-likeness (QED) is 0.876. The highest BCUT2D eigenvalue weighted by molar-refractivity contribution is 5.75. The Morgan fingerprint density at radius 1 is 1.24 bits per heavy atom. The van der Waals surface area contributed by atoms with Crippen molar-refractivity contribution in [2.24, 2.45) is 5.92 Å². The summed E-state index contributed by atoms with van der Waals surface area (Å²) in [6.07, 6.45) is 2.50. The molecule has 0 aliphatic carbocycles. The van der Waals surface area contributed by atoms with Gasteiger partial charge in [-0.1, -0.05) is 37.3 Å². The molecule has 1 aliphatic rings. The molecule has 0 saturated carbocycles. The maximum absolute atomic E-state index is 11.4. The van der Waals surface area contributed by atoms with Crippen LogP contribution in [0.5, 0.6) is 11.5 Å². The fourth-order valence-corrected chi connectivity index (χ4v) is 3.20. The van der Waals surface area contributed by atoms with E-state index >= 15 is 0 Å². The highest BCUT2D eigenvalue weighted by atomic mass is 16.5. The third kappa shape index (κ3) is 4.53. The van der Waals surface area contributed by atoms with Crippen LogP contribution in [0.2, 0.25) is 0 Å². The maximum atomic E-state index is 11.4. The summed E-state index contributed by atoms with van der Waals surface area (Å²) in [5.74, 6) is 2.31. The van der Waals surface area contributed by atoms with Gasteiger partial charge in [-0.25, -0.2) is 0 Å². The summed E-state index contributed by atoms with van der Waals surface area (Å²) in [6.45, 7) is 3.17. The SMILES string of the molecule is CCC(=O)NCc1cccc(CC2COc3cc(OC)ccc3C2)c1. The van der Waals surface area contributed by atoms with Crippen molar-refractivity contribution in [3.8, 4) is 11.5 Å². The predicted octanol–water partition coefficient (Wildman–Crippen LogP) is 3.52. The van der Waals surface area contributed by atoms with Crippen molar-refractivity contribution in [3.63, 3.8) is 0 Å². The molecular weight excluding hydrogens is 314 g/mol. The minimum absolute atomic E-state index is 0.0816. The van der Waals surface area contributed by atoms with Crippen molar-refractivity contribution in [1.82, 2.24) is 5.32 Å². The van der Waals surface area contributed by atoms with E-state index in [-0.39, 0.29) is 5.91 Å². The Bertz CT molecular complexity index is 742. The summed E-state index contributed by atoms with van der Waals surface area (Å²) < 4.78 is 11.2. The van der Waals surface area contributed by atoms with Gasteiger partial charge in [0.1, 0.15) is 11.5 Å². The number of hydrogen-bond donors (Lipinski definition) is 1. The molecule has 0 aromatic heterocycles. The van der Waals surface area contributed by atoms with Gasteiger partial charge in [0.05, 0.1) is 13.7 Å². The molecule has 3 rings (SSSR count). The van der Waals surface area contributed by atoms with E-state index in [0.717, 1.165) is 36.5 Å². The van der Waals surface area contributed by atoms with Crippen LogP contribution in [0.3, 0.4) is 0 Å². The average Bonchev–Trinajstić information content (AvgIpc) is 2.66. The van der Waals surface area contributed by atoms with E-state index in [4.69, 9.17) is 9.47 Å². The normalized spacial score (nSPS) is 15.8. The molecule has 1 unspecified atom stereocenters. The molecule has 2 aromatic carbocycles. The molecule has 1 atom stereocenters. The number of fused-ring (bicyclic) bond motifs is 1. The molecule has 1 amide bonds. The largest absolute Gasteiger partial charge is 0.497 e. The zero-order valence-corrected chi connectivity index (χ0v) is 14.9. The van der Waals surface area contributed by atoms with Crippen molar-refractivity contribution < 1.29 is 14.3 Å². The second-order valence-corrected chi connectivity index (χ2v) is 6.51. The Balaban J connectivity index is 1.62. The van der Waals surface area contributed by atoms with Crippen molar-refractivity contribution >= 4 is 5.91 Å². The van der Waals surface area contributed by atoms with Gasteiger partial charge >= 0.3 is 0 Å². The molecule has 2 aromatic rings. The van der Waals surface area contributed by atoms with E-state index in [0.29, 0.717) is 18.9 Å². The summed E-state index contributed by atoms with van der Waals surface area (Å²) >= 11 is 0. The van der Waals surface area contributed by atoms with Gasteiger partial charge in [-0.05, 0) is 35.6 Å². The first kappa shape index (κ1) is 17.3. The van der Waals surface area contributed by atoms with Crippen LogP contribution >= 0.6 is 0 Å². The fraction of sp³-hybridized carbons (Fsp3) is 0.381. The predicted molar refractivity (Wildman–Crippen MR) is 98.0 cm³/mol. The molecule has 4 nitrogen and oxygen atoms in total. The number of nitrogens with one attached hydrogen (secondary N) is 1. The van der Waals surface area contributed by atoms with E-state index in [1.807, 2.05) is 19.1 Å². The first-order valence-electron chi connectivity index (χ1n) is 8.82. The molecule has 0 saturated heterocycles. The molecule has 0 bridgehead atoms. The van der Waals surface area contributed by atoms with E-state index in [9.17, 15) is 4.79 Å². The highest BCUT2D eigenvalue weighted by Crippen LogP contribution is 2.32. The summed E-state index contributed by atoms with van der Waals surface area (Å²) in [5.41, 5.74) is 3.67. The van der Waals surface area contributed by atoms with Gasteiger partial charge in [0.2, 0.25) is 5.91 Å². The van der Waals surface area contributed by atoms with Crippen molar-refractivity contribution in [3.05, 3.63) is 59.2 Å². The lowest BCUT2D eigenvalue weighted by atomic mass is 9.90. The first-order chi connectivity index (χ1) is 12.2. The highest BCUT2D eigenvalue weighted by Gasteiger charge is 2.20. The number of ether oxygens (including phenoxy) is 2.